The van der Waals surface area contributed by atoms with E-state index >= 15 is 0 Å². The third kappa shape index (κ3) is 4.53. The number of rotatable bonds is 6. The van der Waals surface area contributed by atoms with Crippen LogP contribution in [0.3, 0.4) is 0 Å². The van der Waals surface area contributed by atoms with Gasteiger partial charge in [0.05, 0.1) is 17.0 Å². The molecule has 0 radical (unpaired) electrons. The molecule has 0 bridgehead atoms. The third-order valence-electron chi connectivity index (χ3n) is 6.58. The van der Waals surface area contributed by atoms with Crippen LogP contribution in [0, 0.1) is 0 Å². The van der Waals surface area contributed by atoms with Crippen LogP contribution >= 0.6 is 0 Å². The molecule has 0 amide bonds. The molecule has 0 aromatic carbocycles. The number of ether oxygens (including phenoxy) is 1. The minimum atomic E-state index is -0.196. The molecular formula is C23H33N3O3. The Labute approximate surface area is 172 Å². The predicted molar refractivity (Wildman–Crippen MR) is 113 cm³/mol. The molecule has 3 heterocycles. The van der Waals surface area contributed by atoms with Crippen LogP contribution in [0.15, 0.2) is 17.2 Å². The fraction of sp³-hybridized carbons (Fsp3) is 0.696. The molecule has 4 rings (SSSR count). The summed E-state index contributed by atoms with van der Waals surface area (Å²) in [4.78, 5) is 22.7. The van der Waals surface area contributed by atoms with Gasteiger partial charge in [-0.1, -0.05) is 19.8 Å². The van der Waals surface area contributed by atoms with Gasteiger partial charge in [0, 0.05) is 38.1 Å². The summed E-state index contributed by atoms with van der Waals surface area (Å²) in [6, 6.07) is 0.179. The quantitative estimate of drug-likeness (QED) is 0.746. The molecule has 6 heteroatoms. The second-order valence-corrected chi connectivity index (χ2v) is 8.65. The Hall–Kier alpha value is -1.79. The maximum absolute atomic E-state index is 13.3. The zero-order valence-electron chi connectivity index (χ0n) is 17.5. The zero-order valence-corrected chi connectivity index (χ0v) is 17.5. The molecule has 29 heavy (non-hydrogen) atoms. The summed E-state index contributed by atoms with van der Waals surface area (Å²) < 4.78 is 7.42. The first-order valence-electron chi connectivity index (χ1n) is 11.3. The van der Waals surface area contributed by atoms with E-state index in [1.807, 2.05) is 4.57 Å². The van der Waals surface area contributed by atoms with Gasteiger partial charge in [0.2, 0.25) is 0 Å². The summed E-state index contributed by atoms with van der Waals surface area (Å²) in [6.07, 6.45) is 13.1. The van der Waals surface area contributed by atoms with E-state index in [-0.39, 0.29) is 17.7 Å². The maximum atomic E-state index is 13.3. The van der Waals surface area contributed by atoms with Crippen LogP contribution in [0.1, 0.15) is 88.1 Å². The second-order valence-electron chi connectivity index (χ2n) is 8.65. The second kappa shape index (κ2) is 9.35. The number of aromatic nitrogens is 3. The van der Waals surface area contributed by atoms with Crippen molar-refractivity contribution in [3.05, 3.63) is 34.1 Å². The number of nitrogens with zero attached hydrogens (tertiary/aromatic N) is 3. The molecule has 6 nitrogen and oxygen atoms in total. The van der Waals surface area contributed by atoms with E-state index in [0.717, 1.165) is 68.3 Å². The molecule has 0 spiro atoms. The lowest BCUT2D eigenvalue weighted by molar-refractivity contribution is 0.0686. The summed E-state index contributed by atoms with van der Waals surface area (Å²) in [5.41, 5.74) is 2.02. The number of aliphatic hydroxyl groups excluding tert-OH is 1. The lowest BCUT2D eigenvalue weighted by atomic mass is 9.82. The van der Waals surface area contributed by atoms with Crippen molar-refractivity contribution in [2.45, 2.75) is 89.2 Å². The number of fused-ring (bicyclic) bond motifs is 1. The van der Waals surface area contributed by atoms with E-state index in [4.69, 9.17) is 9.72 Å². The highest BCUT2D eigenvalue weighted by Gasteiger charge is 2.26. The van der Waals surface area contributed by atoms with Crippen molar-refractivity contribution in [3.8, 4) is 0 Å². The van der Waals surface area contributed by atoms with Crippen LogP contribution in [0.4, 0.5) is 0 Å². The molecule has 1 saturated heterocycles. The minimum absolute atomic E-state index is 0.0200. The average Bonchev–Trinajstić information content (AvgIpc) is 2.76. The molecule has 1 saturated carbocycles. The van der Waals surface area contributed by atoms with Crippen LogP contribution in [0.5, 0.6) is 0 Å². The van der Waals surface area contributed by atoms with Gasteiger partial charge < -0.3 is 14.4 Å². The summed E-state index contributed by atoms with van der Waals surface area (Å²) >= 11 is 0. The van der Waals surface area contributed by atoms with Crippen LogP contribution in [0.2, 0.25) is 0 Å². The van der Waals surface area contributed by atoms with E-state index in [2.05, 4.69) is 18.1 Å². The highest BCUT2D eigenvalue weighted by atomic mass is 16.5. The van der Waals surface area contributed by atoms with E-state index < -0.39 is 0 Å². The van der Waals surface area contributed by atoms with Crippen LogP contribution in [-0.4, -0.2) is 39.0 Å². The average molecular weight is 400 g/mol. The van der Waals surface area contributed by atoms with Crippen molar-refractivity contribution < 1.29 is 9.84 Å². The van der Waals surface area contributed by atoms with E-state index in [1.165, 1.54) is 12.8 Å². The molecular weight excluding hydrogens is 366 g/mol. The number of hydrogen-bond acceptors (Lipinski definition) is 5. The molecule has 2 aliphatic rings. The first-order valence-corrected chi connectivity index (χ1v) is 11.3. The largest absolute Gasteiger partial charge is 0.393 e. The highest BCUT2D eigenvalue weighted by molar-refractivity contribution is 5.80. The van der Waals surface area contributed by atoms with Gasteiger partial charge in [-0.2, -0.15) is 0 Å². The van der Waals surface area contributed by atoms with Crippen molar-refractivity contribution in [3.63, 3.8) is 0 Å². The normalized spacial score (nSPS) is 23.5. The van der Waals surface area contributed by atoms with Gasteiger partial charge in [0.1, 0.15) is 5.82 Å². The molecule has 0 unspecified atom stereocenters. The fourth-order valence-electron chi connectivity index (χ4n) is 4.78. The van der Waals surface area contributed by atoms with Crippen molar-refractivity contribution in [1.82, 2.24) is 14.5 Å². The smallest absolute Gasteiger partial charge is 0.261 e. The van der Waals surface area contributed by atoms with Gasteiger partial charge in [-0.3, -0.25) is 4.79 Å². The number of pyridine rings is 1. The Bertz CT molecular complexity index is 881. The number of hydrogen-bond donors (Lipinski definition) is 1. The molecule has 158 valence electrons. The molecule has 2 aromatic heterocycles. The van der Waals surface area contributed by atoms with Gasteiger partial charge in [-0.15, -0.1) is 0 Å². The summed E-state index contributed by atoms with van der Waals surface area (Å²) in [5.74, 6) is 1.18. The van der Waals surface area contributed by atoms with Crippen LogP contribution in [-0.2, 0) is 11.2 Å². The van der Waals surface area contributed by atoms with Crippen molar-refractivity contribution in [1.29, 1.82) is 0 Å². The zero-order chi connectivity index (χ0) is 20.2. The summed E-state index contributed by atoms with van der Waals surface area (Å²) in [5, 5.41) is 10.6. The molecule has 2 fully saturated rings. The third-order valence-corrected chi connectivity index (χ3v) is 6.58. The van der Waals surface area contributed by atoms with Crippen LogP contribution < -0.4 is 5.56 Å². The molecule has 0 atom stereocenters. The van der Waals surface area contributed by atoms with E-state index in [1.54, 1.807) is 6.20 Å². The van der Waals surface area contributed by atoms with Gasteiger partial charge in [-0.05, 0) is 56.4 Å². The van der Waals surface area contributed by atoms with Crippen molar-refractivity contribution in [2.75, 3.05) is 13.2 Å². The van der Waals surface area contributed by atoms with E-state index in [9.17, 15) is 9.90 Å². The van der Waals surface area contributed by atoms with Gasteiger partial charge in [-0.25, -0.2) is 9.97 Å². The minimum Gasteiger partial charge on any atom is -0.393 e. The van der Waals surface area contributed by atoms with E-state index in [0.29, 0.717) is 24.5 Å². The lowest BCUT2D eigenvalue weighted by Crippen LogP contribution is -2.30. The Morgan fingerprint density at radius 1 is 1.14 bits per heavy atom. The van der Waals surface area contributed by atoms with Gasteiger partial charge in [0.25, 0.3) is 5.56 Å². The molecule has 1 N–H and O–H groups in total. The molecule has 2 aromatic rings. The molecule has 1 aliphatic carbocycles. The lowest BCUT2D eigenvalue weighted by Gasteiger charge is -2.29. The highest BCUT2D eigenvalue weighted by Crippen LogP contribution is 2.36. The van der Waals surface area contributed by atoms with Gasteiger partial charge >= 0.3 is 0 Å². The van der Waals surface area contributed by atoms with Crippen molar-refractivity contribution in [2.24, 2.45) is 0 Å². The first kappa shape index (κ1) is 20.5. The van der Waals surface area contributed by atoms with Crippen molar-refractivity contribution >= 4 is 10.9 Å². The number of unbranched alkanes of at least 4 members (excludes halogenated alkanes) is 2. The summed E-state index contributed by atoms with van der Waals surface area (Å²) in [6.45, 7) is 3.59. The van der Waals surface area contributed by atoms with Gasteiger partial charge in [0.15, 0.2) is 0 Å². The fourth-order valence-corrected chi connectivity index (χ4v) is 4.78. The maximum Gasteiger partial charge on any atom is 0.261 e. The predicted octanol–water partition coefficient (Wildman–Crippen LogP) is 3.89. The Morgan fingerprint density at radius 2 is 1.90 bits per heavy atom. The number of aliphatic hydroxyl groups is 1. The summed E-state index contributed by atoms with van der Waals surface area (Å²) in [7, 11) is 0. The van der Waals surface area contributed by atoms with Crippen LogP contribution in [0.25, 0.3) is 10.9 Å². The topological polar surface area (TPSA) is 77.2 Å². The Morgan fingerprint density at radius 3 is 2.62 bits per heavy atom. The SMILES string of the molecule is CCCCCc1ncc2c(=O)n(C3CCOCC3)cc(C3CCC(O)CC3)c2n1. The standard InChI is InChI=1S/C23H33N3O3/c1-2-3-4-5-21-24-14-19-22(25-21)20(16-6-8-18(27)9-7-16)15-26(23(19)28)17-10-12-29-13-11-17/h14-18,27H,2-13H2,1H3. The Balaban J connectivity index is 1.77. The molecule has 1 aliphatic heterocycles. The monoisotopic (exact) mass is 399 g/mol. The Kier molecular flexibility index (Phi) is 6.60. The number of aryl methyl sites for hydroxylation is 1. The first-order chi connectivity index (χ1) is 14.2.